The van der Waals surface area contributed by atoms with Crippen molar-refractivity contribution in [2.45, 2.75) is 63.3 Å². The Morgan fingerprint density at radius 3 is 2.76 bits per heavy atom. The molecular formula is C16H26ClN5O3. The first-order valence-electron chi connectivity index (χ1n) is 8.85. The number of nitrogens with one attached hydrogen (secondary N) is 2. The number of rotatable bonds is 4. The molecular weight excluding hydrogens is 346 g/mol. The van der Waals surface area contributed by atoms with Crippen molar-refractivity contribution in [3.05, 3.63) is 0 Å². The first-order valence-corrected chi connectivity index (χ1v) is 9.29. The van der Waals surface area contributed by atoms with Crippen molar-refractivity contribution in [3.63, 3.8) is 0 Å². The number of halogens is 1. The van der Waals surface area contributed by atoms with Crippen LogP contribution in [-0.2, 0) is 9.59 Å². The zero-order valence-corrected chi connectivity index (χ0v) is 15.6. The highest BCUT2D eigenvalue weighted by molar-refractivity contribution is 6.20. The van der Waals surface area contributed by atoms with Gasteiger partial charge in [0.05, 0.1) is 5.92 Å². The predicted octanol–water partition coefficient (Wildman–Crippen LogP) is 0.675. The molecule has 140 valence electrons. The van der Waals surface area contributed by atoms with E-state index >= 15 is 0 Å². The van der Waals surface area contributed by atoms with Crippen LogP contribution in [0.25, 0.3) is 0 Å². The van der Waals surface area contributed by atoms with Gasteiger partial charge in [0.1, 0.15) is 0 Å². The molecule has 0 aromatic carbocycles. The van der Waals surface area contributed by atoms with E-state index in [-0.39, 0.29) is 54.2 Å². The molecule has 4 atom stereocenters. The third-order valence-corrected chi connectivity index (χ3v) is 5.51. The highest BCUT2D eigenvalue weighted by atomic mass is 35.5. The van der Waals surface area contributed by atoms with E-state index in [1.165, 1.54) is 5.01 Å². The van der Waals surface area contributed by atoms with Gasteiger partial charge in [0, 0.05) is 37.5 Å². The number of carbonyl (C=O) groups is 3. The molecule has 1 aliphatic carbocycles. The summed E-state index contributed by atoms with van der Waals surface area (Å²) in [5, 5.41) is 4.19. The molecule has 2 saturated heterocycles. The Bertz CT molecular complexity index is 572. The molecule has 1 saturated carbocycles. The molecule has 3 rings (SSSR count). The monoisotopic (exact) mass is 371 g/mol. The van der Waals surface area contributed by atoms with E-state index < -0.39 is 6.29 Å². The van der Waals surface area contributed by atoms with Gasteiger partial charge in [-0.25, -0.2) is 4.79 Å². The lowest BCUT2D eigenvalue weighted by atomic mass is 9.80. The second-order valence-corrected chi connectivity index (χ2v) is 7.96. The highest BCUT2D eigenvalue weighted by Gasteiger charge is 2.54. The summed E-state index contributed by atoms with van der Waals surface area (Å²) < 4.78 is 0. The van der Waals surface area contributed by atoms with Crippen molar-refractivity contribution in [1.82, 2.24) is 25.6 Å². The Balaban J connectivity index is 1.78. The van der Waals surface area contributed by atoms with Gasteiger partial charge < -0.3 is 10.2 Å². The Morgan fingerprint density at radius 1 is 1.36 bits per heavy atom. The summed E-state index contributed by atoms with van der Waals surface area (Å²) in [6.07, 6.45) is 1.77. The van der Waals surface area contributed by atoms with Crippen LogP contribution < -0.4 is 10.7 Å². The number of urea groups is 1. The van der Waals surface area contributed by atoms with E-state index in [2.05, 4.69) is 10.7 Å². The zero-order chi connectivity index (χ0) is 18.3. The summed E-state index contributed by atoms with van der Waals surface area (Å²) in [5.41, 5.74) is 3.04. The van der Waals surface area contributed by atoms with Crippen molar-refractivity contribution in [2.24, 2.45) is 5.92 Å². The lowest BCUT2D eigenvalue weighted by molar-refractivity contribution is -0.156. The quantitative estimate of drug-likeness (QED) is 0.711. The van der Waals surface area contributed by atoms with E-state index in [1.54, 1.807) is 16.8 Å². The number of hydrogen-bond acceptors (Lipinski definition) is 4. The van der Waals surface area contributed by atoms with Gasteiger partial charge in [-0.2, -0.15) is 5.43 Å². The summed E-state index contributed by atoms with van der Waals surface area (Å²) in [6, 6.07) is -0.214. The summed E-state index contributed by atoms with van der Waals surface area (Å²) in [4.78, 5) is 40.9. The third kappa shape index (κ3) is 3.42. The summed E-state index contributed by atoms with van der Waals surface area (Å²) in [6.45, 7) is 4.05. The van der Waals surface area contributed by atoms with Crippen LogP contribution in [0.15, 0.2) is 0 Å². The van der Waals surface area contributed by atoms with Crippen LogP contribution in [0.4, 0.5) is 4.79 Å². The van der Waals surface area contributed by atoms with Crippen LogP contribution in [0.1, 0.15) is 39.5 Å². The van der Waals surface area contributed by atoms with Crippen molar-refractivity contribution < 1.29 is 14.4 Å². The van der Waals surface area contributed by atoms with Crippen molar-refractivity contribution >= 4 is 29.4 Å². The average molecular weight is 372 g/mol. The number of carbonyl (C=O) groups excluding carboxylic acids is 3. The van der Waals surface area contributed by atoms with Gasteiger partial charge in [-0.3, -0.25) is 19.5 Å². The molecule has 0 aromatic rings. The standard InChI is InChI=1S/C16H26ClN5O3/c1-9(2)18-13(23)6-7-21-14(24)11-8-10(17)4-5-12(11)22-15(21)19-20(3)16(22)25/h9-12,15,19H,4-8H2,1-3H3,(H,18,23). The minimum absolute atomic E-state index is 0.0236. The normalized spacial score (nSPS) is 32.1. The molecule has 2 heterocycles. The molecule has 2 aliphatic heterocycles. The molecule has 8 nitrogen and oxygen atoms in total. The second-order valence-electron chi connectivity index (χ2n) is 7.34. The first-order chi connectivity index (χ1) is 11.8. The molecule has 0 aromatic heterocycles. The average Bonchev–Trinajstić information content (AvgIpc) is 2.82. The molecule has 4 amide bonds. The maximum atomic E-state index is 13.0. The van der Waals surface area contributed by atoms with Crippen molar-refractivity contribution in [2.75, 3.05) is 13.6 Å². The molecule has 9 heteroatoms. The number of nitrogens with zero attached hydrogens (tertiary/aromatic N) is 3. The van der Waals surface area contributed by atoms with Crippen molar-refractivity contribution in [3.8, 4) is 0 Å². The second kappa shape index (κ2) is 6.99. The molecule has 0 bridgehead atoms. The van der Waals surface area contributed by atoms with Crippen LogP contribution in [0.3, 0.4) is 0 Å². The van der Waals surface area contributed by atoms with Crippen LogP contribution in [0.2, 0.25) is 0 Å². The van der Waals surface area contributed by atoms with Gasteiger partial charge in [-0.1, -0.05) is 0 Å². The van der Waals surface area contributed by atoms with Gasteiger partial charge in [-0.05, 0) is 33.1 Å². The fourth-order valence-electron chi connectivity index (χ4n) is 4.00. The number of hydrogen-bond donors (Lipinski definition) is 2. The molecule has 3 fully saturated rings. The number of alkyl halides is 1. The van der Waals surface area contributed by atoms with E-state index in [4.69, 9.17) is 11.6 Å². The smallest absolute Gasteiger partial charge is 0.337 e. The fourth-order valence-corrected chi connectivity index (χ4v) is 4.31. The minimum Gasteiger partial charge on any atom is -0.354 e. The van der Waals surface area contributed by atoms with E-state index in [0.717, 1.165) is 12.8 Å². The SMILES string of the molecule is CC(C)NC(=O)CCN1C(=O)C2CC(Cl)CCC2N2C(=O)N(C)NC12. The summed E-state index contributed by atoms with van der Waals surface area (Å²) in [7, 11) is 1.65. The van der Waals surface area contributed by atoms with Gasteiger partial charge in [0.2, 0.25) is 11.8 Å². The molecule has 2 N–H and O–H groups in total. The number of fused-ring (bicyclic) bond motifs is 3. The maximum Gasteiger partial charge on any atom is 0.337 e. The topological polar surface area (TPSA) is 85.0 Å². The van der Waals surface area contributed by atoms with Crippen LogP contribution in [-0.4, -0.2) is 70.0 Å². The fraction of sp³-hybridized carbons (Fsp3) is 0.812. The maximum absolute atomic E-state index is 13.0. The van der Waals surface area contributed by atoms with Gasteiger partial charge in [0.15, 0.2) is 6.29 Å². The predicted molar refractivity (Wildman–Crippen MR) is 92.3 cm³/mol. The molecule has 3 aliphatic rings. The molecule has 4 unspecified atom stereocenters. The third-order valence-electron chi connectivity index (χ3n) is 5.11. The molecule has 0 spiro atoms. The Hall–Kier alpha value is -1.54. The lowest BCUT2D eigenvalue weighted by Crippen LogP contribution is -2.67. The van der Waals surface area contributed by atoms with Gasteiger partial charge in [-0.15, -0.1) is 11.6 Å². The van der Waals surface area contributed by atoms with Crippen molar-refractivity contribution in [1.29, 1.82) is 0 Å². The summed E-state index contributed by atoms with van der Waals surface area (Å²) in [5.74, 6) is -0.421. The molecule has 25 heavy (non-hydrogen) atoms. The van der Waals surface area contributed by atoms with Crippen LogP contribution >= 0.6 is 11.6 Å². The number of amides is 4. The minimum atomic E-state index is -0.523. The summed E-state index contributed by atoms with van der Waals surface area (Å²) >= 11 is 6.28. The van der Waals surface area contributed by atoms with E-state index in [0.29, 0.717) is 6.42 Å². The zero-order valence-electron chi connectivity index (χ0n) is 14.9. The first kappa shape index (κ1) is 18.3. The largest absolute Gasteiger partial charge is 0.354 e. The lowest BCUT2D eigenvalue weighted by Gasteiger charge is -2.49. The Morgan fingerprint density at radius 2 is 2.08 bits per heavy atom. The molecule has 0 radical (unpaired) electrons. The van der Waals surface area contributed by atoms with E-state index in [9.17, 15) is 14.4 Å². The Labute approximate surface area is 152 Å². The Kier molecular flexibility index (Phi) is 5.11. The van der Waals surface area contributed by atoms with Crippen LogP contribution in [0, 0.1) is 5.92 Å². The highest BCUT2D eigenvalue weighted by Crippen LogP contribution is 2.39. The van der Waals surface area contributed by atoms with Crippen LogP contribution in [0.5, 0.6) is 0 Å². The number of hydrazine groups is 1. The van der Waals surface area contributed by atoms with Gasteiger partial charge in [0.25, 0.3) is 0 Å². The van der Waals surface area contributed by atoms with E-state index in [1.807, 2.05) is 13.8 Å². The van der Waals surface area contributed by atoms with Gasteiger partial charge >= 0.3 is 6.03 Å².